The number of hydrogen-bond acceptors (Lipinski definition) is 8. The van der Waals surface area contributed by atoms with Crippen molar-refractivity contribution < 1.29 is 23.9 Å². The van der Waals surface area contributed by atoms with Crippen LogP contribution in [0.4, 0.5) is 16.3 Å². The van der Waals surface area contributed by atoms with Crippen molar-refractivity contribution in [2.75, 3.05) is 29.5 Å². The molecule has 1 fully saturated rings. The molecule has 0 unspecified atom stereocenters. The number of aromatic nitrogens is 2. The molecule has 12 heteroatoms. The van der Waals surface area contributed by atoms with Gasteiger partial charge in [-0.2, -0.15) is 0 Å². The third-order valence-electron chi connectivity index (χ3n) is 6.14. The fraction of sp³-hybridized carbons (Fsp3) is 0.367. The Morgan fingerprint density at radius 2 is 1.81 bits per heavy atom. The second-order valence-corrected chi connectivity index (χ2v) is 12.3. The van der Waals surface area contributed by atoms with E-state index in [1.54, 1.807) is 47.0 Å². The van der Waals surface area contributed by atoms with Gasteiger partial charge in [-0.15, -0.1) is 11.8 Å². The van der Waals surface area contributed by atoms with Crippen LogP contribution in [0.25, 0.3) is 0 Å². The first-order valence-electron chi connectivity index (χ1n) is 13.6. The summed E-state index contributed by atoms with van der Waals surface area (Å²) in [6.45, 7) is 8.54. The smallest absolute Gasteiger partial charge is 0.410 e. The summed E-state index contributed by atoms with van der Waals surface area (Å²) in [5.74, 6) is 0.599. The maximum Gasteiger partial charge on any atom is 0.410 e. The molecule has 3 amide bonds. The maximum absolute atomic E-state index is 13.5. The van der Waals surface area contributed by atoms with Crippen LogP contribution in [-0.4, -0.2) is 63.3 Å². The van der Waals surface area contributed by atoms with E-state index in [-0.39, 0.29) is 23.6 Å². The van der Waals surface area contributed by atoms with Gasteiger partial charge in [-0.3, -0.25) is 9.59 Å². The summed E-state index contributed by atoms with van der Waals surface area (Å²) in [6, 6.07) is 11.8. The molecule has 0 bridgehead atoms. The Balaban J connectivity index is 1.48. The van der Waals surface area contributed by atoms with E-state index in [0.717, 1.165) is 10.6 Å². The number of amides is 3. The third-order valence-corrected chi connectivity index (χ3v) is 7.24. The van der Waals surface area contributed by atoms with Crippen LogP contribution in [0.3, 0.4) is 0 Å². The quantitative estimate of drug-likeness (QED) is 0.276. The lowest BCUT2D eigenvalue weighted by molar-refractivity contribution is 0.0126. The standard InChI is InChI=1S/C30H34ClN5O5S/c1-5-42-21-9-10-22(24(17-21)40-20-12-15-36(16-13-20)29(39)41-30(2,3)4)27(37)34-23-7-6-14-32-26(23)28(38)35-25-11-8-19(31)18-33-25/h6-11,14,17-18,20H,5,12-13,15-16H2,1-4H3,(H,34,37)(H,33,35,38). The van der Waals surface area contributed by atoms with Crippen molar-refractivity contribution in [1.82, 2.24) is 14.9 Å². The van der Waals surface area contributed by atoms with Crippen LogP contribution < -0.4 is 15.4 Å². The van der Waals surface area contributed by atoms with Gasteiger partial charge < -0.3 is 25.0 Å². The topological polar surface area (TPSA) is 123 Å². The molecule has 1 aliphatic heterocycles. The Hall–Kier alpha value is -3.83. The number of anilines is 2. The molecule has 2 N–H and O–H groups in total. The van der Waals surface area contributed by atoms with Crippen LogP contribution in [-0.2, 0) is 4.74 Å². The summed E-state index contributed by atoms with van der Waals surface area (Å²) in [5, 5.41) is 5.92. The molecule has 42 heavy (non-hydrogen) atoms. The molecule has 0 saturated carbocycles. The highest BCUT2D eigenvalue weighted by atomic mass is 35.5. The van der Waals surface area contributed by atoms with Gasteiger partial charge in [0.25, 0.3) is 11.8 Å². The van der Waals surface area contributed by atoms with E-state index in [1.165, 1.54) is 12.4 Å². The SMILES string of the molecule is CCSc1ccc(C(=O)Nc2cccnc2C(=O)Nc2ccc(Cl)cn2)c(OC2CCN(C(=O)OC(C)(C)C)CC2)c1. The molecular weight excluding hydrogens is 578 g/mol. The molecule has 0 radical (unpaired) electrons. The summed E-state index contributed by atoms with van der Waals surface area (Å²) < 4.78 is 11.9. The average molecular weight is 612 g/mol. The minimum Gasteiger partial charge on any atom is -0.489 e. The van der Waals surface area contributed by atoms with E-state index in [0.29, 0.717) is 48.1 Å². The predicted molar refractivity (Wildman–Crippen MR) is 164 cm³/mol. The van der Waals surface area contributed by atoms with Crippen molar-refractivity contribution in [3.63, 3.8) is 0 Å². The van der Waals surface area contributed by atoms with Gasteiger partial charge in [-0.05, 0) is 69.0 Å². The normalized spacial score (nSPS) is 13.8. The van der Waals surface area contributed by atoms with Crippen molar-refractivity contribution >= 4 is 52.8 Å². The lowest BCUT2D eigenvalue weighted by Gasteiger charge is -2.33. The second-order valence-electron chi connectivity index (χ2n) is 10.5. The first-order valence-corrected chi connectivity index (χ1v) is 15.0. The van der Waals surface area contributed by atoms with Crippen LogP contribution >= 0.6 is 23.4 Å². The Morgan fingerprint density at radius 3 is 2.48 bits per heavy atom. The average Bonchev–Trinajstić information content (AvgIpc) is 2.94. The van der Waals surface area contributed by atoms with Crippen molar-refractivity contribution in [3.05, 3.63) is 71.1 Å². The number of hydrogen-bond donors (Lipinski definition) is 2. The summed E-state index contributed by atoms with van der Waals surface area (Å²) in [7, 11) is 0. The Bertz CT molecular complexity index is 1420. The number of nitrogens with one attached hydrogen (secondary N) is 2. The minimum atomic E-state index is -0.564. The molecule has 3 aromatic rings. The summed E-state index contributed by atoms with van der Waals surface area (Å²) in [5.41, 5.74) is 0.0148. The van der Waals surface area contributed by atoms with Gasteiger partial charge in [-0.1, -0.05) is 18.5 Å². The van der Waals surface area contributed by atoms with E-state index in [2.05, 4.69) is 20.6 Å². The lowest BCUT2D eigenvalue weighted by Crippen LogP contribution is -2.44. The number of thioether (sulfide) groups is 1. The Kier molecular flexibility index (Phi) is 10.3. The van der Waals surface area contributed by atoms with E-state index in [1.807, 2.05) is 39.8 Å². The monoisotopic (exact) mass is 611 g/mol. The molecule has 1 saturated heterocycles. The first kappa shape index (κ1) is 31.1. The van der Waals surface area contributed by atoms with Crippen LogP contribution in [0.5, 0.6) is 5.75 Å². The van der Waals surface area contributed by atoms with Gasteiger partial charge in [0, 0.05) is 43.2 Å². The van der Waals surface area contributed by atoms with E-state index < -0.39 is 17.4 Å². The molecule has 0 spiro atoms. The summed E-state index contributed by atoms with van der Waals surface area (Å²) in [4.78, 5) is 49.9. The third kappa shape index (κ3) is 8.59. The number of benzene rings is 1. The zero-order valence-corrected chi connectivity index (χ0v) is 25.6. The predicted octanol–water partition coefficient (Wildman–Crippen LogP) is 6.52. The number of halogens is 1. The van der Waals surface area contributed by atoms with E-state index in [4.69, 9.17) is 21.1 Å². The van der Waals surface area contributed by atoms with Crippen molar-refractivity contribution in [3.8, 4) is 5.75 Å². The maximum atomic E-state index is 13.5. The molecule has 1 aromatic carbocycles. The van der Waals surface area contributed by atoms with Gasteiger partial charge >= 0.3 is 6.09 Å². The molecule has 2 aromatic heterocycles. The fourth-order valence-electron chi connectivity index (χ4n) is 4.21. The Morgan fingerprint density at radius 1 is 1.05 bits per heavy atom. The zero-order chi connectivity index (χ0) is 30.3. The molecule has 0 atom stereocenters. The van der Waals surface area contributed by atoms with Crippen molar-refractivity contribution in [2.24, 2.45) is 0 Å². The van der Waals surface area contributed by atoms with Crippen LogP contribution in [0.2, 0.25) is 5.02 Å². The fourth-order valence-corrected chi connectivity index (χ4v) is 5.01. The second kappa shape index (κ2) is 13.9. The van der Waals surface area contributed by atoms with Gasteiger partial charge in [0.05, 0.1) is 16.3 Å². The first-order chi connectivity index (χ1) is 20.0. The van der Waals surface area contributed by atoms with Gasteiger partial charge in [-0.25, -0.2) is 14.8 Å². The number of rotatable bonds is 8. The van der Waals surface area contributed by atoms with E-state index in [9.17, 15) is 14.4 Å². The zero-order valence-electron chi connectivity index (χ0n) is 24.0. The van der Waals surface area contributed by atoms with E-state index >= 15 is 0 Å². The molecule has 0 aliphatic carbocycles. The highest BCUT2D eigenvalue weighted by molar-refractivity contribution is 7.99. The number of piperidine rings is 1. The largest absolute Gasteiger partial charge is 0.489 e. The highest BCUT2D eigenvalue weighted by Gasteiger charge is 2.29. The molecular formula is C30H34ClN5O5S. The molecule has 3 heterocycles. The number of carbonyl (C=O) groups is 3. The molecule has 10 nitrogen and oxygen atoms in total. The van der Waals surface area contributed by atoms with Crippen LogP contribution in [0.1, 0.15) is 61.4 Å². The number of carbonyl (C=O) groups excluding carboxylic acids is 3. The number of pyridine rings is 2. The molecule has 4 rings (SSSR count). The molecule has 1 aliphatic rings. The van der Waals surface area contributed by atoms with Gasteiger partial charge in [0.1, 0.15) is 23.3 Å². The number of ether oxygens (including phenoxy) is 2. The van der Waals surface area contributed by atoms with Gasteiger partial charge in [0.15, 0.2) is 5.69 Å². The lowest BCUT2D eigenvalue weighted by atomic mass is 10.1. The van der Waals surface area contributed by atoms with Crippen LogP contribution in [0.15, 0.2) is 59.8 Å². The van der Waals surface area contributed by atoms with Crippen molar-refractivity contribution in [2.45, 2.75) is 57.1 Å². The van der Waals surface area contributed by atoms with Gasteiger partial charge in [0.2, 0.25) is 0 Å². The Labute approximate surface area is 254 Å². The van der Waals surface area contributed by atoms with Crippen molar-refractivity contribution in [1.29, 1.82) is 0 Å². The number of nitrogens with zero attached hydrogens (tertiary/aromatic N) is 3. The highest BCUT2D eigenvalue weighted by Crippen LogP contribution is 2.30. The number of likely N-dealkylation sites (tertiary alicyclic amines) is 1. The molecule has 222 valence electrons. The van der Waals surface area contributed by atoms with Crippen LogP contribution in [0, 0.1) is 0 Å². The minimum absolute atomic E-state index is 0.0257. The summed E-state index contributed by atoms with van der Waals surface area (Å²) >= 11 is 7.52. The summed E-state index contributed by atoms with van der Waals surface area (Å²) in [6.07, 6.45) is 3.54.